The van der Waals surface area contributed by atoms with Crippen molar-refractivity contribution in [2.75, 3.05) is 13.1 Å². The second kappa shape index (κ2) is 5.85. The minimum Gasteiger partial charge on any atom is -0.456 e. The average molecular weight is 254 g/mol. The van der Waals surface area contributed by atoms with Crippen LogP contribution in [0.2, 0.25) is 0 Å². The lowest BCUT2D eigenvalue weighted by atomic mass is 9.94. The lowest BCUT2D eigenvalue weighted by Crippen LogP contribution is -2.26. The summed E-state index contributed by atoms with van der Waals surface area (Å²) in [5.41, 5.74) is 1.18. The molecule has 98 valence electrons. The summed E-state index contributed by atoms with van der Waals surface area (Å²) in [6.45, 7) is 2.18. The van der Waals surface area contributed by atoms with Crippen molar-refractivity contribution in [3.8, 4) is 11.5 Å². The van der Waals surface area contributed by atoms with Crippen molar-refractivity contribution in [3.63, 3.8) is 0 Å². The highest BCUT2D eigenvalue weighted by Gasteiger charge is 2.16. The Balaban J connectivity index is 1.68. The Morgan fingerprint density at radius 3 is 2.42 bits per heavy atom. The van der Waals surface area contributed by atoms with Crippen LogP contribution >= 0.6 is 0 Å². The third-order valence-corrected chi connectivity index (χ3v) is 3.50. The fourth-order valence-corrected chi connectivity index (χ4v) is 2.44. The normalized spacial score (nSPS) is 16.2. The Hall–Kier alpha value is -1.87. The molecule has 3 nitrogen and oxygen atoms in total. The van der Waals surface area contributed by atoms with Crippen LogP contribution in [-0.2, 0) is 0 Å². The van der Waals surface area contributed by atoms with E-state index in [9.17, 15) is 0 Å². The van der Waals surface area contributed by atoms with Gasteiger partial charge in [-0.15, -0.1) is 0 Å². The molecular formula is C16H18N2O. The van der Waals surface area contributed by atoms with E-state index in [2.05, 4.69) is 16.4 Å². The molecule has 0 amide bonds. The van der Waals surface area contributed by atoms with Crippen LogP contribution in [0.5, 0.6) is 11.5 Å². The van der Waals surface area contributed by atoms with E-state index in [1.54, 1.807) is 0 Å². The first-order chi connectivity index (χ1) is 9.42. The van der Waals surface area contributed by atoms with Gasteiger partial charge < -0.3 is 10.1 Å². The van der Waals surface area contributed by atoms with E-state index in [1.165, 1.54) is 18.5 Å². The van der Waals surface area contributed by atoms with Crippen molar-refractivity contribution in [1.29, 1.82) is 0 Å². The number of pyridine rings is 1. The number of nitrogens with zero attached hydrogens (tertiary/aromatic N) is 1. The Bertz CT molecular complexity index is 504. The molecular weight excluding hydrogens is 236 g/mol. The second-order valence-electron chi connectivity index (χ2n) is 4.86. The largest absolute Gasteiger partial charge is 0.456 e. The van der Waals surface area contributed by atoms with Crippen LogP contribution in [0.3, 0.4) is 0 Å². The maximum Gasteiger partial charge on any atom is 0.145 e. The van der Waals surface area contributed by atoms with Gasteiger partial charge in [0.2, 0.25) is 0 Å². The standard InChI is InChI=1S/C16H18N2O/c1-2-4-14(5-3-1)19-15-6-7-16(18-12-15)13-8-10-17-11-9-13/h1-7,12-13,17H,8-11H2. The van der Waals surface area contributed by atoms with Crippen LogP contribution in [0.1, 0.15) is 24.5 Å². The van der Waals surface area contributed by atoms with Gasteiger partial charge in [-0.25, -0.2) is 0 Å². The van der Waals surface area contributed by atoms with Gasteiger partial charge in [-0.1, -0.05) is 18.2 Å². The number of benzene rings is 1. The number of rotatable bonds is 3. The first-order valence-electron chi connectivity index (χ1n) is 6.81. The third-order valence-electron chi connectivity index (χ3n) is 3.50. The molecule has 3 heteroatoms. The maximum atomic E-state index is 5.75. The lowest BCUT2D eigenvalue weighted by Gasteiger charge is -2.22. The van der Waals surface area contributed by atoms with Crippen LogP contribution in [0.15, 0.2) is 48.7 Å². The van der Waals surface area contributed by atoms with Crippen molar-refractivity contribution in [2.45, 2.75) is 18.8 Å². The minimum atomic E-state index is 0.590. The van der Waals surface area contributed by atoms with E-state index in [1.807, 2.05) is 42.6 Å². The first-order valence-corrected chi connectivity index (χ1v) is 6.81. The van der Waals surface area contributed by atoms with Crippen molar-refractivity contribution in [1.82, 2.24) is 10.3 Å². The van der Waals surface area contributed by atoms with Gasteiger partial charge in [0.15, 0.2) is 0 Å². The molecule has 1 fully saturated rings. The van der Waals surface area contributed by atoms with E-state index in [0.29, 0.717) is 5.92 Å². The minimum absolute atomic E-state index is 0.590. The molecule has 2 aromatic rings. The molecule has 1 N–H and O–H groups in total. The van der Waals surface area contributed by atoms with Crippen LogP contribution in [0, 0.1) is 0 Å². The van der Waals surface area contributed by atoms with Gasteiger partial charge in [0.25, 0.3) is 0 Å². The van der Waals surface area contributed by atoms with Gasteiger partial charge in [-0.3, -0.25) is 4.98 Å². The van der Waals surface area contributed by atoms with Crippen LogP contribution in [-0.4, -0.2) is 18.1 Å². The van der Waals surface area contributed by atoms with Crippen LogP contribution < -0.4 is 10.1 Å². The molecule has 0 spiro atoms. The summed E-state index contributed by atoms with van der Waals surface area (Å²) >= 11 is 0. The average Bonchev–Trinajstić information content (AvgIpc) is 2.50. The zero-order valence-electron chi connectivity index (χ0n) is 10.9. The number of nitrogens with one attached hydrogen (secondary N) is 1. The Kier molecular flexibility index (Phi) is 3.75. The van der Waals surface area contributed by atoms with Crippen LogP contribution in [0.25, 0.3) is 0 Å². The first kappa shape index (κ1) is 12.2. The fourth-order valence-electron chi connectivity index (χ4n) is 2.44. The summed E-state index contributed by atoms with van der Waals surface area (Å²) in [5.74, 6) is 2.23. The van der Waals surface area contributed by atoms with E-state index in [-0.39, 0.29) is 0 Å². The number of hydrogen-bond acceptors (Lipinski definition) is 3. The maximum absolute atomic E-state index is 5.75. The molecule has 1 saturated heterocycles. The topological polar surface area (TPSA) is 34.1 Å². The number of aromatic nitrogens is 1. The van der Waals surface area contributed by atoms with E-state index in [0.717, 1.165) is 24.6 Å². The molecule has 0 bridgehead atoms. The van der Waals surface area contributed by atoms with Crippen LogP contribution in [0.4, 0.5) is 0 Å². The van der Waals surface area contributed by atoms with Gasteiger partial charge in [0.1, 0.15) is 11.5 Å². The molecule has 1 aromatic carbocycles. The van der Waals surface area contributed by atoms with E-state index >= 15 is 0 Å². The van der Waals surface area contributed by atoms with Crippen molar-refractivity contribution in [3.05, 3.63) is 54.4 Å². The monoisotopic (exact) mass is 254 g/mol. The molecule has 3 rings (SSSR count). The number of para-hydroxylation sites is 1. The molecule has 0 unspecified atom stereocenters. The molecule has 1 aromatic heterocycles. The van der Waals surface area contributed by atoms with Gasteiger partial charge in [0.05, 0.1) is 6.20 Å². The summed E-state index contributed by atoms with van der Waals surface area (Å²) in [7, 11) is 0. The molecule has 1 aliphatic heterocycles. The predicted molar refractivity (Wildman–Crippen MR) is 75.6 cm³/mol. The van der Waals surface area contributed by atoms with Crippen molar-refractivity contribution in [2.24, 2.45) is 0 Å². The summed E-state index contributed by atoms with van der Waals surface area (Å²) < 4.78 is 5.75. The quantitative estimate of drug-likeness (QED) is 0.912. The number of hydrogen-bond donors (Lipinski definition) is 1. The zero-order chi connectivity index (χ0) is 12.9. The van der Waals surface area contributed by atoms with Gasteiger partial charge >= 0.3 is 0 Å². The van der Waals surface area contributed by atoms with Crippen molar-refractivity contribution < 1.29 is 4.74 Å². The molecule has 0 atom stereocenters. The molecule has 1 aliphatic rings. The van der Waals surface area contributed by atoms with E-state index in [4.69, 9.17) is 4.74 Å². The molecule has 0 aliphatic carbocycles. The third kappa shape index (κ3) is 3.12. The molecule has 0 radical (unpaired) electrons. The Morgan fingerprint density at radius 2 is 1.74 bits per heavy atom. The summed E-state index contributed by atoms with van der Waals surface area (Å²) in [5, 5.41) is 3.38. The fraction of sp³-hybridized carbons (Fsp3) is 0.312. The highest BCUT2D eigenvalue weighted by atomic mass is 16.5. The van der Waals surface area contributed by atoms with Gasteiger partial charge in [-0.2, -0.15) is 0 Å². The van der Waals surface area contributed by atoms with Gasteiger partial charge in [-0.05, 0) is 50.2 Å². The lowest BCUT2D eigenvalue weighted by molar-refractivity contribution is 0.449. The summed E-state index contributed by atoms with van der Waals surface area (Å²) in [6.07, 6.45) is 4.17. The summed E-state index contributed by atoms with van der Waals surface area (Å²) in [4.78, 5) is 4.55. The SMILES string of the molecule is c1ccc(Oc2ccc(C3CCNCC3)nc2)cc1. The van der Waals surface area contributed by atoms with Gasteiger partial charge in [0, 0.05) is 11.6 Å². The Morgan fingerprint density at radius 1 is 0.947 bits per heavy atom. The van der Waals surface area contributed by atoms with E-state index < -0.39 is 0 Å². The number of ether oxygens (including phenoxy) is 1. The number of piperidine rings is 1. The zero-order valence-corrected chi connectivity index (χ0v) is 10.9. The molecule has 2 heterocycles. The second-order valence-corrected chi connectivity index (χ2v) is 4.86. The highest BCUT2D eigenvalue weighted by Crippen LogP contribution is 2.26. The predicted octanol–water partition coefficient (Wildman–Crippen LogP) is 3.34. The summed E-state index contributed by atoms with van der Waals surface area (Å²) in [6, 6.07) is 13.9. The Labute approximate surface area is 113 Å². The van der Waals surface area contributed by atoms with Crippen molar-refractivity contribution >= 4 is 0 Å². The molecule has 19 heavy (non-hydrogen) atoms. The smallest absolute Gasteiger partial charge is 0.145 e. The highest BCUT2D eigenvalue weighted by molar-refractivity contribution is 5.30. The molecule has 0 saturated carbocycles.